The van der Waals surface area contributed by atoms with Crippen molar-refractivity contribution in [3.8, 4) is 0 Å². The molecule has 2 nitrogen and oxygen atoms in total. The second kappa shape index (κ2) is 9.32. The van der Waals surface area contributed by atoms with Crippen LogP contribution < -0.4 is 5.46 Å². The predicted octanol–water partition coefficient (Wildman–Crippen LogP) is 6.59. The molecule has 0 radical (unpaired) electrons. The van der Waals surface area contributed by atoms with Gasteiger partial charge in [-0.1, -0.05) is 18.2 Å². The van der Waals surface area contributed by atoms with E-state index >= 15 is 0 Å². The van der Waals surface area contributed by atoms with E-state index in [2.05, 4.69) is 15.9 Å². The van der Waals surface area contributed by atoms with Gasteiger partial charge in [-0.15, -0.1) is 0 Å². The molecule has 0 atom stereocenters. The maximum Gasteiger partial charge on any atom is 0.497 e. The molecule has 1 aliphatic heterocycles. The molecule has 0 N–H and O–H groups in total. The highest BCUT2D eigenvalue weighted by Gasteiger charge is 2.52. The van der Waals surface area contributed by atoms with Gasteiger partial charge in [-0.2, -0.15) is 0 Å². The number of halogens is 7. The quantitative estimate of drug-likeness (QED) is 0.352. The molecule has 2 aromatic rings. The molecule has 0 unspecified atom stereocenters. The lowest BCUT2D eigenvalue weighted by Gasteiger charge is -2.32. The smallest absolute Gasteiger partial charge is 0.399 e. The second-order valence-electron chi connectivity index (χ2n) is 7.64. The summed E-state index contributed by atoms with van der Waals surface area (Å²) in [5, 5.41) is 0. The van der Waals surface area contributed by atoms with Gasteiger partial charge in [-0.25, -0.2) is 26.3 Å². The van der Waals surface area contributed by atoms with Crippen LogP contribution in [0.2, 0.25) is 0 Å². The molecule has 10 heteroatoms. The molecule has 0 amide bonds. The summed E-state index contributed by atoms with van der Waals surface area (Å²) in [4.78, 5) is 0. The third-order valence-corrected chi connectivity index (χ3v) is 5.58. The van der Waals surface area contributed by atoms with Crippen molar-refractivity contribution in [3.05, 3.63) is 63.6 Å². The van der Waals surface area contributed by atoms with Gasteiger partial charge >= 0.3 is 7.12 Å². The first-order valence-corrected chi connectivity index (χ1v) is 9.70. The highest BCUT2D eigenvalue weighted by Crippen LogP contribution is 2.36. The maximum atomic E-state index is 13.8. The summed E-state index contributed by atoms with van der Waals surface area (Å²) < 4.78 is 86.8. The standard InChI is InChI=1S/C13H16BF3O2.C7H4BrF3/c1-12(2)13(3,4)19-14(18-12)9-7-8(11(16)17)5-6-10(9)15;8-5-3-4(7(10)11)1-2-6(5)9/h5-7,11H,1-4H3;1-3,7H. The van der Waals surface area contributed by atoms with Crippen LogP contribution in [-0.2, 0) is 9.31 Å². The summed E-state index contributed by atoms with van der Waals surface area (Å²) in [6.07, 6.45) is -5.20. The Morgan fingerprint density at radius 1 is 0.767 bits per heavy atom. The molecule has 0 aliphatic carbocycles. The normalized spacial score (nSPS) is 17.3. The third kappa shape index (κ3) is 5.59. The molecule has 1 aliphatic rings. The van der Waals surface area contributed by atoms with Crippen molar-refractivity contribution in [2.24, 2.45) is 0 Å². The van der Waals surface area contributed by atoms with Crippen LogP contribution in [0.4, 0.5) is 26.3 Å². The van der Waals surface area contributed by atoms with Crippen LogP contribution >= 0.6 is 15.9 Å². The monoisotopic (exact) mass is 496 g/mol. The van der Waals surface area contributed by atoms with E-state index in [9.17, 15) is 26.3 Å². The van der Waals surface area contributed by atoms with Gasteiger partial charge in [0, 0.05) is 16.6 Å². The third-order valence-electron chi connectivity index (χ3n) is 4.97. The molecular formula is C20H20BBrF6O2. The fourth-order valence-corrected chi connectivity index (χ4v) is 2.89. The van der Waals surface area contributed by atoms with E-state index in [1.165, 1.54) is 0 Å². The lowest BCUT2D eigenvalue weighted by Crippen LogP contribution is -2.41. The summed E-state index contributed by atoms with van der Waals surface area (Å²) in [5.41, 5.74) is -1.68. The lowest BCUT2D eigenvalue weighted by molar-refractivity contribution is 0.00578. The maximum absolute atomic E-state index is 13.8. The number of benzene rings is 2. The van der Waals surface area contributed by atoms with Crippen LogP contribution in [0, 0.1) is 11.6 Å². The second-order valence-corrected chi connectivity index (χ2v) is 8.50. The molecule has 2 aromatic carbocycles. The zero-order chi connectivity index (χ0) is 22.9. The number of hydrogen-bond acceptors (Lipinski definition) is 2. The van der Waals surface area contributed by atoms with Gasteiger partial charge in [0.25, 0.3) is 12.9 Å². The molecule has 0 saturated carbocycles. The van der Waals surface area contributed by atoms with E-state index in [4.69, 9.17) is 9.31 Å². The molecule has 0 bridgehead atoms. The van der Waals surface area contributed by atoms with Gasteiger partial charge in [0.2, 0.25) is 0 Å². The Morgan fingerprint density at radius 3 is 1.63 bits per heavy atom. The van der Waals surface area contributed by atoms with Crippen LogP contribution in [0.1, 0.15) is 51.7 Å². The number of hydrogen-bond donors (Lipinski definition) is 0. The minimum Gasteiger partial charge on any atom is -0.399 e. The van der Waals surface area contributed by atoms with Crippen molar-refractivity contribution in [1.29, 1.82) is 0 Å². The van der Waals surface area contributed by atoms with Gasteiger partial charge in [0.05, 0.1) is 15.7 Å². The highest BCUT2D eigenvalue weighted by molar-refractivity contribution is 9.10. The van der Waals surface area contributed by atoms with Gasteiger partial charge in [0.15, 0.2) is 0 Å². The first kappa shape index (κ1) is 24.8. The SMILES string of the molecule is CC1(C)OB(c2cc(C(F)F)ccc2F)OC1(C)C.Fc1ccc(C(F)F)cc1Br. The van der Waals surface area contributed by atoms with Gasteiger partial charge in [-0.05, 0) is 61.8 Å². The van der Waals surface area contributed by atoms with Crippen molar-refractivity contribution in [3.63, 3.8) is 0 Å². The Balaban J connectivity index is 0.000000248. The first-order valence-electron chi connectivity index (χ1n) is 8.91. The molecule has 1 saturated heterocycles. The molecule has 1 fully saturated rings. The van der Waals surface area contributed by atoms with Gasteiger partial charge in [-0.3, -0.25) is 0 Å². The minimum absolute atomic E-state index is 0.0106. The van der Waals surface area contributed by atoms with E-state index in [0.29, 0.717) is 0 Å². The Labute approximate surface area is 179 Å². The van der Waals surface area contributed by atoms with Gasteiger partial charge in [0.1, 0.15) is 11.6 Å². The topological polar surface area (TPSA) is 18.5 Å². The Bertz CT molecular complexity index is 876. The predicted molar refractivity (Wildman–Crippen MR) is 106 cm³/mol. The fourth-order valence-electron chi connectivity index (χ4n) is 2.50. The molecule has 0 aromatic heterocycles. The van der Waals surface area contributed by atoms with E-state index in [1.807, 2.05) is 27.7 Å². The van der Waals surface area contributed by atoms with Crippen LogP contribution in [0.15, 0.2) is 40.9 Å². The number of alkyl halides is 4. The lowest BCUT2D eigenvalue weighted by atomic mass is 9.78. The largest absolute Gasteiger partial charge is 0.497 e. The average Bonchev–Trinajstić information content (AvgIpc) is 2.85. The van der Waals surface area contributed by atoms with Crippen LogP contribution in [-0.4, -0.2) is 18.3 Å². The minimum atomic E-state index is -2.65. The van der Waals surface area contributed by atoms with Crippen LogP contribution in [0.3, 0.4) is 0 Å². The highest BCUT2D eigenvalue weighted by atomic mass is 79.9. The molecule has 3 rings (SSSR count). The van der Waals surface area contributed by atoms with E-state index < -0.39 is 42.8 Å². The Hall–Kier alpha value is -1.52. The zero-order valence-electron chi connectivity index (χ0n) is 16.7. The summed E-state index contributed by atoms with van der Waals surface area (Å²) >= 11 is 2.81. The molecule has 1 heterocycles. The van der Waals surface area contributed by atoms with E-state index in [-0.39, 0.29) is 21.1 Å². The molecule has 30 heavy (non-hydrogen) atoms. The van der Waals surface area contributed by atoms with Crippen LogP contribution in [0.5, 0.6) is 0 Å². The van der Waals surface area contributed by atoms with Crippen molar-refractivity contribution in [2.45, 2.75) is 51.7 Å². The fraction of sp³-hybridized carbons (Fsp3) is 0.400. The van der Waals surface area contributed by atoms with Crippen molar-refractivity contribution >= 4 is 28.5 Å². The van der Waals surface area contributed by atoms with Crippen molar-refractivity contribution < 1.29 is 35.7 Å². The van der Waals surface area contributed by atoms with Crippen molar-refractivity contribution in [2.75, 3.05) is 0 Å². The van der Waals surface area contributed by atoms with E-state index in [1.54, 1.807) is 0 Å². The summed E-state index contributed by atoms with van der Waals surface area (Å²) in [6.45, 7) is 7.29. The van der Waals surface area contributed by atoms with Crippen LogP contribution in [0.25, 0.3) is 0 Å². The zero-order valence-corrected chi connectivity index (χ0v) is 18.2. The Morgan fingerprint density at radius 2 is 1.20 bits per heavy atom. The molecule has 164 valence electrons. The average molecular weight is 497 g/mol. The van der Waals surface area contributed by atoms with Crippen molar-refractivity contribution in [1.82, 2.24) is 0 Å². The number of rotatable bonds is 3. The molecule has 0 spiro atoms. The molecular weight excluding hydrogens is 477 g/mol. The Kier molecular flexibility index (Phi) is 7.69. The van der Waals surface area contributed by atoms with E-state index in [0.717, 1.165) is 36.4 Å². The summed E-state index contributed by atoms with van der Waals surface area (Å²) in [6, 6.07) is 6.31. The summed E-state index contributed by atoms with van der Waals surface area (Å²) in [5.74, 6) is -1.14. The first-order chi connectivity index (χ1) is 13.7. The van der Waals surface area contributed by atoms with Gasteiger partial charge < -0.3 is 9.31 Å². The summed E-state index contributed by atoms with van der Waals surface area (Å²) in [7, 11) is -0.969.